The number of oxazole rings is 1. The summed E-state index contributed by atoms with van der Waals surface area (Å²) in [6.45, 7) is 4.09. The van der Waals surface area contributed by atoms with Crippen LogP contribution in [0.2, 0.25) is 0 Å². The Labute approximate surface area is 118 Å². The number of rotatable bonds is 2. The quantitative estimate of drug-likeness (QED) is 0.897. The highest BCUT2D eigenvalue weighted by atomic mass is 16.4. The maximum Gasteiger partial charge on any atom is 0.292 e. The number of aromatic nitrogens is 1. The Kier molecular flexibility index (Phi) is 2.97. The van der Waals surface area contributed by atoms with Crippen molar-refractivity contribution in [2.75, 3.05) is 5.73 Å². The van der Waals surface area contributed by atoms with E-state index in [1.165, 1.54) is 11.1 Å². The van der Waals surface area contributed by atoms with Gasteiger partial charge in [-0.2, -0.15) is 4.98 Å². The van der Waals surface area contributed by atoms with E-state index >= 15 is 0 Å². The number of hydrogen-bond donors (Lipinski definition) is 1. The van der Waals surface area contributed by atoms with E-state index in [0.29, 0.717) is 0 Å². The monoisotopic (exact) mass is 266 g/mol. The molecule has 2 aromatic rings. The number of nitrogens with two attached hydrogens (primary N) is 1. The van der Waals surface area contributed by atoms with Gasteiger partial charge in [0.2, 0.25) is 0 Å². The number of hydrogen-bond acceptors (Lipinski definition) is 3. The molecule has 1 aromatic heterocycles. The van der Waals surface area contributed by atoms with Gasteiger partial charge in [0.25, 0.3) is 6.01 Å². The standard InChI is InChI=1S/C17H18N2O/c1-12-15(19-16(18)20-12)17(2)10-6-9-14(11-17)13-7-4-3-5-8-13/h3-10H,11H2,1-2H3,(H2,18,19). The molecule has 0 saturated heterocycles. The van der Waals surface area contributed by atoms with Crippen LogP contribution in [0.15, 0.2) is 53.0 Å². The van der Waals surface area contributed by atoms with Crippen LogP contribution in [-0.2, 0) is 5.41 Å². The molecule has 1 aliphatic rings. The highest BCUT2D eigenvalue weighted by molar-refractivity contribution is 5.70. The van der Waals surface area contributed by atoms with Gasteiger partial charge in [0, 0.05) is 5.41 Å². The molecule has 0 spiro atoms. The minimum atomic E-state index is -0.175. The molecule has 1 unspecified atom stereocenters. The molecule has 1 aromatic carbocycles. The van der Waals surface area contributed by atoms with Gasteiger partial charge in [-0.25, -0.2) is 0 Å². The fourth-order valence-electron chi connectivity index (χ4n) is 2.85. The number of nitrogen functional groups attached to an aromatic ring is 1. The van der Waals surface area contributed by atoms with Crippen molar-refractivity contribution in [3.63, 3.8) is 0 Å². The van der Waals surface area contributed by atoms with Crippen molar-refractivity contribution < 1.29 is 4.42 Å². The van der Waals surface area contributed by atoms with Crippen molar-refractivity contribution in [1.82, 2.24) is 4.98 Å². The van der Waals surface area contributed by atoms with Gasteiger partial charge in [-0.15, -0.1) is 0 Å². The van der Waals surface area contributed by atoms with Crippen LogP contribution in [-0.4, -0.2) is 4.98 Å². The summed E-state index contributed by atoms with van der Waals surface area (Å²) in [4.78, 5) is 4.37. The second kappa shape index (κ2) is 4.67. The summed E-state index contributed by atoms with van der Waals surface area (Å²) in [5.41, 5.74) is 8.97. The molecular formula is C17H18N2O. The van der Waals surface area contributed by atoms with Crippen molar-refractivity contribution in [1.29, 1.82) is 0 Å². The van der Waals surface area contributed by atoms with Crippen LogP contribution >= 0.6 is 0 Å². The van der Waals surface area contributed by atoms with E-state index < -0.39 is 0 Å². The Balaban J connectivity index is 1.97. The van der Waals surface area contributed by atoms with Gasteiger partial charge in [-0.1, -0.05) is 55.5 Å². The zero-order chi connectivity index (χ0) is 14.2. The van der Waals surface area contributed by atoms with Crippen molar-refractivity contribution in [2.24, 2.45) is 0 Å². The summed E-state index contributed by atoms with van der Waals surface area (Å²) in [7, 11) is 0. The fourth-order valence-corrected chi connectivity index (χ4v) is 2.85. The Hall–Kier alpha value is -2.29. The zero-order valence-corrected chi connectivity index (χ0v) is 11.8. The Morgan fingerprint density at radius 2 is 2.00 bits per heavy atom. The summed E-state index contributed by atoms with van der Waals surface area (Å²) in [5.74, 6) is 0.795. The van der Waals surface area contributed by atoms with Gasteiger partial charge in [-0.3, -0.25) is 0 Å². The first-order chi connectivity index (χ1) is 9.58. The predicted octanol–water partition coefficient (Wildman–Crippen LogP) is 3.87. The molecule has 0 fully saturated rings. The predicted molar refractivity (Wildman–Crippen MR) is 81.2 cm³/mol. The first-order valence-corrected chi connectivity index (χ1v) is 6.76. The van der Waals surface area contributed by atoms with Gasteiger partial charge in [-0.05, 0) is 24.5 Å². The molecule has 0 aliphatic heterocycles. The van der Waals surface area contributed by atoms with E-state index in [4.69, 9.17) is 10.2 Å². The van der Waals surface area contributed by atoms with Gasteiger partial charge >= 0.3 is 0 Å². The smallest absolute Gasteiger partial charge is 0.292 e. The van der Waals surface area contributed by atoms with E-state index in [-0.39, 0.29) is 11.4 Å². The third kappa shape index (κ3) is 2.16. The van der Waals surface area contributed by atoms with Crippen LogP contribution in [0.4, 0.5) is 6.01 Å². The molecule has 0 radical (unpaired) electrons. The van der Waals surface area contributed by atoms with Gasteiger partial charge in [0.1, 0.15) is 5.76 Å². The summed E-state index contributed by atoms with van der Waals surface area (Å²) >= 11 is 0. The van der Waals surface area contributed by atoms with E-state index in [1.54, 1.807) is 0 Å². The first kappa shape index (κ1) is 12.7. The molecule has 2 N–H and O–H groups in total. The van der Waals surface area contributed by atoms with E-state index in [0.717, 1.165) is 17.9 Å². The lowest BCUT2D eigenvalue weighted by Gasteiger charge is -2.28. The lowest BCUT2D eigenvalue weighted by atomic mass is 9.75. The highest BCUT2D eigenvalue weighted by Crippen LogP contribution is 2.39. The van der Waals surface area contributed by atoms with E-state index in [2.05, 4.69) is 54.4 Å². The molecule has 1 heterocycles. The molecule has 3 nitrogen and oxygen atoms in total. The van der Waals surface area contributed by atoms with Crippen LogP contribution in [0.25, 0.3) is 5.57 Å². The average Bonchev–Trinajstić information content (AvgIpc) is 2.80. The molecule has 0 bridgehead atoms. The third-order valence-electron chi connectivity index (χ3n) is 3.82. The zero-order valence-electron chi connectivity index (χ0n) is 11.8. The highest BCUT2D eigenvalue weighted by Gasteiger charge is 2.32. The van der Waals surface area contributed by atoms with Crippen LogP contribution in [0, 0.1) is 6.92 Å². The number of allylic oxidation sites excluding steroid dienone is 4. The van der Waals surface area contributed by atoms with Crippen LogP contribution in [0.3, 0.4) is 0 Å². The van der Waals surface area contributed by atoms with Crippen molar-refractivity contribution >= 4 is 11.6 Å². The Morgan fingerprint density at radius 1 is 1.25 bits per heavy atom. The first-order valence-electron chi connectivity index (χ1n) is 6.76. The summed E-state index contributed by atoms with van der Waals surface area (Å²) in [6.07, 6.45) is 7.32. The molecule has 1 atom stereocenters. The SMILES string of the molecule is Cc1oc(N)nc1C1(C)C=CC=C(c2ccccc2)C1. The van der Waals surface area contributed by atoms with Gasteiger partial charge in [0.05, 0.1) is 5.69 Å². The number of nitrogens with zero attached hydrogens (tertiary/aromatic N) is 1. The molecule has 0 amide bonds. The largest absolute Gasteiger partial charge is 0.429 e. The van der Waals surface area contributed by atoms with Gasteiger partial charge < -0.3 is 10.2 Å². The number of aryl methyl sites for hydroxylation is 1. The third-order valence-corrected chi connectivity index (χ3v) is 3.82. The molecule has 3 heteroatoms. The lowest BCUT2D eigenvalue weighted by Crippen LogP contribution is -2.23. The molecule has 3 rings (SSSR count). The Morgan fingerprint density at radius 3 is 2.65 bits per heavy atom. The molecule has 0 saturated carbocycles. The van der Waals surface area contributed by atoms with E-state index in [9.17, 15) is 0 Å². The average molecular weight is 266 g/mol. The van der Waals surface area contributed by atoms with Crippen LogP contribution < -0.4 is 5.73 Å². The van der Waals surface area contributed by atoms with Crippen LogP contribution in [0.5, 0.6) is 0 Å². The lowest BCUT2D eigenvalue weighted by molar-refractivity contribution is 0.524. The summed E-state index contributed by atoms with van der Waals surface area (Å²) < 4.78 is 5.39. The minimum absolute atomic E-state index is 0.175. The van der Waals surface area contributed by atoms with Gasteiger partial charge in [0.15, 0.2) is 0 Å². The molecule has 102 valence electrons. The molecule has 1 aliphatic carbocycles. The maximum atomic E-state index is 5.67. The van der Waals surface area contributed by atoms with Crippen molar-refractivity contribution in [3.8, 4) is 0 Å². The maximum absolute atomic E-state index is 5.67. The minimum Gasteiger partial charge on any atom is -0.429 e. The molecule has 20 heavy (non-hydrogen) atoms. The van der Waals surface area contributed by atoms with Crippen LogP contribution in [0.1, 0.15) is 30.4 Å². The molecular weight excluding hydrogens is 248 g/mol. The number of benzene rings is 1. The summed E-state index contributed by atoms with van der Waals surface area (Å²) in [6, 6.07) is 10.7. The van der Waals surface area contributed by atoms with Crippen molar-refractivity contribution in [3.05, 3.63) is 65.6 Å². The number of anilines is 1. The normalized spacial score (nSPS) is 21.8. The van der Waals surface area contributed by atoms with Crippen molar-refractivity contribution in [2.45, 2.75) is 25.7 Å². The second-order valence-electron chi connectivity index (χ2n) is 5.47. The second-order valence-corrected chi connectivity index (χ2v) is 5.47. The topological polar surface area (TPSA) is 52.0 Å². The van der Waals surface area contributed by atoms with E-state index in [1.807, 2.05) is 13.0 Å². The fraction of sp³-hybridized carbons (Fsp3) is 0.235. The summed E-state index contributed by atoms with van der Waals surface area (Å²) in [5, 5.41) is 0. The Bertz CT molecular complexity index is 682.